The molecule has 5 heteroatoms. The van der Waals surface area contributed by atoms with Crippen LogP contribution in [0.1, 0.15) is 10.4 Å². The van der Waals surface area contributed by atoms with E-state index in [1.165, 1.54) is 10.9 Å². The summed E-state index contributed by atoms with van der Waals surface area (Å²) >= 11 is 8.34. The molecule has 0 fully saturated rings. The van der Waals surface area contributed by atoms with E-state index in [9.17, 15) is 4.39 Å². The number of hydrogen-bond acceptors (Lipinski definition) is 2. The minimum absolute atomic E-state index is 0.181. The first-order chi connectivity index (χ1) is 8.15. The van der Waals surface area contributed by atoms with E-state index < -0.39 is 0 Å². The van der Waals surface area contributed by atoms with Crippen molar-refractivity contribution in [1.82, 2.24) is 5.32 Å². The van der Waals surface area contributed by atoms with Crippen LogP contribution in [0, 0.1) is 5.82 Å². The molecule has 0 amide bonds. The number of hydrogen-bond donors (Lipinski definition) is 1. The van der Waals surface area contributed by atoms with Crippen LogP contribution in [0.3, 0.4) is 0 Å². The van der Waals surface area contributed by atoms with Gasteiger partial charge in [0.25, 0.3) is 0 Å². The lowest BCUT2D eigenvalue weighted by Gasteiger charge is -2.05. The van der Waals surface area contributed by atoms with E-state index in [4.69, 9.17) is 0 Å². The van der Waals surface area contributed by atoms with Crippen molar-refractivity contribution < 1.29 is 4.39 Å². The Labute approximate surface area is 120 Å². The highest BCUT2D eigenvalue weighted by atomic mass is 79.9. The molecule has 0 saturated carbocycles. The molecular weight excluding hydrogens is 369 g/mol. The summed E-state index contributed by atoms with van der Waals surface area (Å²) in [5, 5.41) is 3.23. The molecule has 0 saturated heterocycles. The van der Waals surface area contributed by atoms with Crippen LogP contribution in [-0.2, 0) is 13.1 Å². The van der Waals surface area contributed by atoms with Crippen molar-refractivity contribution in [3.63, 3.8) is 0 Å². The Balaban J connectivity index is 1.90. The molecule has 0 radical (unpaired) electrons. The number of nitrogens with one attached hydrogen (secondary N) is 1. The van der Waals surface area contributed by atoms with E-state index >= 15 is 0 Å². The zero-order valence-corrected chi connectivity index (χ0v) is 12.8. The van der Waals surface area contributed by atoms with Crippen LogP contribution in [0.15, 0.2) is 38.6 Å². The molecule has 17 heavy (non-hydrogen) atoms. The van der Waals surface area contributed by atoms with Crippen LogP contribution in [0.4, 0.5) is 4.39 Å². The Bertz CT molecular complexity index is 513. The maximum Gasteiger partial charge on any atom is 0.128 e. The number of rotatable bonds is 4. The van der Waals surface area contributed by atoms with Gasteiger partial charge in [0.15, 0.2) is 0 Å². The fourth-order valence-corrected chi connectivity index (χ4v) is 3.22. The van der Waals surface area contributed by atoms with Gasteiger partial charge in [0.05, 0.1) is 3.79 Å². The molecule has 0 unspecified atom stereocenters. The first-order valence-corrected chi connectivity index (χ1v) is 7.44. The van der Waals surface area contributed by atoms with Crippen molar-refractivity contribution in [2.24, 2.45) is 0 Å². The molecule has 0 aliphatic heterocycles. The summed E-state index contributed by atoms with van der Waals surface area (Å²) in [7, 11) is 0. The zero-order chi connectivity index (χ0) is 12.3. The third kappa shape index (κ3) is 3.88. The van der Waals surface area contributed by atoms with Crippen molar-refractivity contribution in [3.8, 4) is 0 Å². The van der Waals surface area contributed by atoms with Gasteiger partial charge in [-0.2, -0.15) is 0 Å². The summed E-state index contributed by atoms with van der Waals surface area (Å²) in [5.74, 6) is -0.181. The third-order valence-electron chi connectivity index (χ3n) is 2.26. The molecule has 0 aliphatic carbocycles. The third-order valence-corrected chi connectivity index (χ3v) is 4.38. The van der Waals surface area contributed by atoms with E-state index in [0.717, 1.165) is 14.8 Å². The van der Waals surface area contributed by atoms with Gasteiger partial charge in [0, 0.05) is 28.0 Å². The number of thiophene rings is 1. The fraction of sp³-hybridized carbons (Fsp3) is 0.167. The van der Waals surface area contributed by atoms with E-state index in [1.807, 2.05) is 12.1 Å². The van der Waals surface area contributed by atoms with Crippen molar-refractivity contribution in [2.45, 2.75) is 13.1 Å². The highest BCUT2D eigenvalue weighted by molar-refractivity contribution is 9.11. The molecule has 0 bridgehead atoms. The number of halogens is 3. The fourth-order valence-electron chi connectivity index (χ4n) is 1.43. The second-order valence-corrected chi connectivity index (χ2v) is 7.01. The summed E-state index contributed by atoms with van der Waals surface area (Å²) < 4.78 is 15.4. The SMILES string of the molecule is Fc1cc(Br)ccc1CNCc1ccc(Br)s1. The van der Waals surface area contributed by atoms with E-state index in [-0.39, 0.29) is 5.82 Å². The Morgan fingerprint density at radius 1 is 1.12 bits per heavy atom. The lowest BCUT2D eigenvalue weighted by atomic mass is 10.2. The standard InChI is InChI=1S/C12H10Br2FNS/c13-9-2-1-8(11(15)5-9)6-16-7-10-3-4-12(14)17-10/h1-5,16H,6-7H2. The molecule has 90 valence electrons. The minimum Gasteiger partial charge on any atom is -0.308 e. The van der Waals surface area contributed by atoms with Gasteiger partial charge in [-0.3, -0.25) is 0 Å². The predicted molar refractivity (Wildman–Crippen MR) is 76.7 cm³/mol. The van der Waals surface area contributed by atoms with Crippen molar-refractivity contribution in [2.75, 3.05) is 0 Å². The average molecular weight is 379 g/mol. The molecule has 1 N–H and O–H groups in total. The van der Waals surface area contributed by atoms with E-state index in [2.05, 4.69) is 43.2 Å². The highest BCUT2D eigenvalue weighted by Crippen LogP contribution is 2.22. The molecule has 2 aromatic rings. The maximum absolute atomic E-state index is 13.5. The summed E-state index contributed by atoms with van der Waals surface area (Å²) in [4.78, 5) is 1.23. The summed E-state index contributed by atoms with van der Waals surface area (Å²) in [6.07, 6.45) is 0. The number of benzene rings is 1. The average Bonchev–Trinajstić information content (AvgIpc) is 2.68. The Kier molecular flexibility index (Phi) is 4.73. The van der Waals surface area contributed by atoms with E-state index in [1.54, 1.807) is 17.4 Å². The van der Waals surface area contributed by atoms with Crippen LogP contribution in [-0.4, -0.2) is 0 Å². The van der Waals surface area contributed by atoms with Gasteiger partial charge in [-0.15, -0.1) is 11.3 Å². The lowest BCUT2D eigenvalue weighted by Crippen LogP contribution is -2.12. The van der Waals surface area contributed by atoms with Gasteiger partial charge in [-0.05, 0) is 40.2 Å². The van der Waals surface area contributed by atoms with Crippen molar-refractivity contribution >= 4 is 43.2 Å². The molecular formula is C12H10Br2FNS. The summed E-state index contributed by atoms with van der Waals surface area (Å²) in [6, 6.07) is 9.19. The Morgan fingerprint density at radius 3 is 2.59 bits per heavy atom. The van der Waals surface area contributed by atoms with Crippen LogP contribution < -0.4 is 5.32 Å². The van der Waals surface area contributed by atoms with Gasteiger partial charge in [-0.1, -0.05) is 22.0 Å². The molecule has 2 rings (SSSR count). The molecule has 1 aromatic heterocycles. The first-order valence-electron chi connectivity index (χ1n) is 5.04. The smallest absolute Gasteiger partial charge is 0.128 e. The first kappa shape index (κ1) is 13.2. The maximum atomic E-state index is 13.5. The zero-order valence-electron chi connectivity index (χ0n) is 8.84. The summed E-state index contributed by atoms with van der Waals surface area (Å²) in [5.41, 5.74) is 0.684. The minimum atomic E-state index is -0.181. The largest absolute Gasteiger partial charge is 0.308 e. The van der Waals surface area contributed by atoms with Crippen molar-refractivity contribution in [3.05, 3.63) is 54.8 Å². The van der Waals surface area contributed by atoms with Crippen molar-refractivity contribution in [1.29, 1.82) is 0 Å². The van der Waals surface area contributed by atoms with Gasteiger partial charge in [0.2, 0.25) is 0 Å². The molecule has 1 aromatic carbocycles. The topological polar surface area (TPSA) is 12.0 Å². The highest BCUT2D eigenvalue weighted by Gasteiger charge is 2.03. The van der Waals surface area contributed by atoms with Crippen LogP contribution >= 0.6 is 43.2 Å². The molecule has 0 atom stereocenters. The second kappa shape index (κ2) is 6.09. The predicted octanol–water partition coefficient (Wildman–Crippen LogP) is 4.70. The Morgan fingerprint density at radius 2 is 1.94 bits per heavy atom. The van der Waals surface area contributed by atoms with Gasteiger partial charge >= 0.3 is 0 Å². The lowest BCUT2D eigenvalue weighted by molar-refractivity contribution is 0.588. The van der Waals surface area contributed by atoms with Crippen LogP contribution in [0.25, 0.3) is 0 Å². The normalized spacial score (nSPS) is 10.8. The molecule has 0 spiro atoms. The molecule has 0 aliphatic rings. The summed E-state index contributed by atoms with van der Waals surface area (Å²) in [6.45, 7) is 1.29. The van der Waals surface area contributed by atoms with Gasteiger partial charge < -0.3 is 5.32 Å². The van der Waals surface area contributed by atoms with Gasteiger partial charge in [0.1, 0.15) is 5.82 Å². The quantitative estimate of drug-likeness (QED) is 0.812. The Hall–Kier alpha value is -0.230. The van der Waals surface area contributed by atoms with E-state index in [0.29, 0.717) is 12.1 Å². The van der Waals surface area contributed by atoms with Crippen LogP contribution in [0.5, 0.6) is 0 Å². The van der Waals surface area contributed by atoms with Gasteiger partial charge in [-0.25, -0.2) is 4.39 Å². The van der Waals surface area contributed by atoms with Crippen LogP contribution in [0.2, 0.25) is 0 Å². The second-order valence-electron chi connectivity index (χ2n) is 3.55. The molecule has 1 heterocycles. The monoisotopic (exact) mass is 377 g/mol. The molecule has 1 nitrogen and oxygen atoms in total.